The van der Waals surface area contributed by atoms with Crippen molar-refractivity contribution in [2.75, 3.05) is 31.1 Å². The van der Waals surface area contributed by atoms with Crippen LogP contribution >= 0.6 is 0 Å². The number of hydrogen-bond acceptors (Lipinski definition) is 7. The maximum Gasteiger partial charge on any atom is 0.205 e. The van der Waals surface area contributed by atoms with E-state index < -0.39 is 0 Å². The smallest absolute Gasteiger partial charge is 0.205 e. The number of ether oxygens (including phenoxy) is 1. The molecule has 1 aromatic heterocycles. The first-order valence-electron chi connectivity index (χ1n) is 11.9. The van der Waals surface area contributed by atoms with Gasteiger partial charge in [0, 0.05) is 43.0 Å². The molecule has 2 heterocycles. The lowest BCUT2D eigenvalue weighted by molar-refractivity contribution is 0.150. The second kappa shape index (κ2) is 9.35. The van der Waals surface area contributed by atoms with Gasteiger partial charge in [0.2, 0.25) is 5.75 Å². The molecule has 7 heteroatoms. The standard InChI is InChI=1S/C26H30N2O5/c29-20-15-22(31)25(32-19-5-2-1-3-6-19)26-24(20)21(30)16-23(33-26)17-7-9-18(10-8-17)28-13-4-11-27-12-14-28/h7-10,15-16,19,27,29,31H,1-6,11-14H2. The minimum atomic E-state index is -0.375. The molecule has 0 unspecified atom stereocenters. The monoisotopic (exact) mass is 450 g/mol. The zero-order chi connectivity index (χ0) is 22.8. The van der Waals surface area contributed by atoms with Crippen molar-refractivity contribution in [1.29, 1.82) is 0 Å². The number of fused-ring (bicyclic) bond motifs is 1. The summed E-state index contributed by atoms with van der Waals surface area (Å²) in [6.45, 7) is 3.93. The van der Waals surface area contributed by atoms with Crippen LogP contribution in [-0.2, 0) is 0 Å². The van der Waals surface area contributed by atoms with Crippen molar-refractivity contribution in [1.82, 2.24) is 5.32 Å². The normalized spacial score (nSPS) is 17.8. The number of rotatable bonds is 4. The maximum absolute atomic E-state index is 12.9. The van der Waals surface area contributed by atoms with Crippen LogP contribution in [0.4, 0.5) is 5.69 Å². The molecule has 7 nitrogen and oxygen atoms in total. The Hall–Kier alpha value is -3.19. The summed E-state index contributed by atoms with van der Waals surface area (Å²) in [6, 6.07) is 10.5. The second-order valence-corrected chi connectivity index (χ2v) is 8.94. The summed E-state index contributed by atoms with van der Waals surface area (Å²) in [5.74, 6) is -0.0441. The van der Waals surface area contributed by atoms with Crippen LogP contribution in [0.15, 0.2) is 45.6 Å². The van der Waals surface area contributed by atoms with Gasteiger partial charge in [-0.2, -0.15) is 0 Å². The van der Waals surface area contributed by atoms with Gasteiger partial charge in [0.05, 0.1) is 6.10 Å². The zero-order valence-electron chi connectivity index (χ0n) is 18.7. The lowest BCUT2D eigenvalue weighted by atomic mass is 9.98. The van der Waals surface area contributed by atoms with E-state index in [1.165, 1.54) is 12.5 Å². The lowest BCUT2D eigenvalue weighted by Crippen LogP contribution is -2.27. The van der Waals surface area contributed by atoms with E-state index in [2.05, 4.69) is 10.2 Å². The van der Waals surface area contributed by atoms with Gasteiger partial charge in [-0.15, -0.1) is 0 Å². The molecule has 1 aliphatic carbocycles. The van der Waals surface area contributed by atoms with Crippen LogP contribution in [0.1, 0.15) is 38.5 Å². The van der Waals surface area contributed by atoms with Crippen molar-refractivity contribution in [2.24, 2.45) is 0 Å². The van der Waals surface area contributed by atoms with E-state index >= 15 is 0 Å². The first-order valence-corrected chi connectivity index (χ1v) is 11.9. The van der Waals surface area contributed by atoms with Crippen LogP contribution in [0.25, 0.3) is 22.3 Å². The van der Waals surface area contributed by atoms with E-state index in [4.69, 9.17) is 9.15 Å². The summed E-state index contributed by atoms with van der Waals surface area (Å²) in [5, 5.41) is 24.3. The first kappa shape index (κ1) is 21.6. The van der Waals surface area contributed by atoms with E-state index in [9.17, 15) is 15.0 Å². The van der Waals surface area contributed by atoms with E-state index in [-0.39, 0.29) is 39.8 Å². The summed E-state index contributed by atoms with van der Waals surface area (Å²) < 4.78 is 12.2. The maximum atomic E-state index is 12.9. The molecule has 3 aromatic rings. The van der Waals surface area contributed by atoms with E-state index in [1.807, 2.05) is 24.3 Å². The van der Waals surface area contributed by atoms with Crippen molar-refractivity contribution in [3.63, 3.8) is 0 Å². The zero-order valence-corrected chi connectivity index (χ0v) is 18.7. The molecule has 1 saturated heterocycles. The minimum Gasteiger partial charge on any atom is -0.507 e. The van der Waals surface area contributed by atoms with Crippen molar-refractivity contribution < 1.29 is 19.4 Å². The molecule has 5 rings (SSSR count). The van der Waals surface area contributed by atoms with Gasteiger partial charge in [-0.3, -0.25) is 4.79 Å². The predicted octanol–water partition coefficient (Wildman–Crippen LogP) is 4.38. The Morgan fingerprint density at radius 2 is 1.73 bits per heavy atom. The van der Waals surface area contributed by atoms with Crippen LogP contribution in [0.3, 0.4) is 0 Å². The van der Waals surface area contributed by atoms with Gasteiger partial charge in [0.1, 0.15) is 16.9 Å². The molecule has 0 radical (unpaired) electrons. The molecule has 33 heavy (non-hydrogen) atoms. The van der Waals surface area contributed by atoms with Crippen LogP contribution < -0.4 is 20.4 Å². The molecule has 0 bridgehead atoms. The summed E-state index contributed by atoms with van der Waals surface area (Å²) >= 11 is 0. The van der Waals surface area contributed by atoms with Gasteiger partial charge >= 0.3 is 0 Å². The van der Waals surface area contributed by atoms with Gasteiger partial charge in [-0.25, -0.2) is 0 Å². The first-order chi connectivity index (χ1) is 16.1. The van der Waals surface area contributed by atoms with E-state index in [1.54, 1.807) is 0 Å². The fourth-order valence-electron chi connectivity index (χ4n) is 4.83. The summed E-state index contributed by atoms with van der Waals surface area (Å²) in [6.07, 6.45) is 6.13. The van der Waals surface area contributed by atoms with Crippen LogP contribution in [0, 0.1) is 0 Å². The average molecular weight is 451 g/mol. The molecule has 174 valence electrons. The SMILES string of the molecule is O=c1cc(-c2ccc(N3CCCNCC3)cc2)oc2c(OC3CCCCC3)c(O)cc(O)c12. The molecule has 1 saturated carbocycles. The number of phenolic OH excluding ortho intramolecular Hbond substituents is 2. The molecule has 0 amide bonds. The van der Waals surface area contributed by atoms with Crippen LogP contribution in [-0.4, -0.2) is 42.5 Å². The average Bonchev–Trinajstić information content (AvgIpc) is 3.12. The van der Waals surface area contributed by atoms with E-state index in [0.29, 0.717) is 5.76 Å². The van der Waals surface area contributed by atoms with Gasteiger partial charge < -0.3 is 29.6 Å². The fraction of sp³-hybridized carbons (Fsp3) is 0.423. The van der Waals surface area contributed by atoms with Gasteiger partial charge in [0.15, 0.2) is 16.8 Å². The molecule has 2 aliphatic rings. The Bertz CT molecular complexity index is 1170. The Kier molecular flexibility index (Phi) is 6.13. The largest absolute Gasteiger partial charge is 0.507 e. The minimum absolute atomic E-state index is 0.0241. The summed E-state index contributed by atoms with van der Waals surface area (Å²) in [4.78, 5) is 15.3. The quantitative estimate of drug-likeness (QED) is 0.543. The molecule has 0 atom stereocenters. The molecule has 1 aliphatic heterocycles. The van der Waals surface area contributed by atoms with Crippen molar-refractivity contribution >= 4 is 16.7 Å². The Morgan fingerprint density at radius 3 is 2.52 bits per heavy atom. The number of aromatic hydroxyl groups is 2. The fourth-order valence-corrected chi connectivity index (χ4v) is 4.83. The highest BCUT2D eigenvalue weighted by molar-refractivity contribution is 5.91. The topological polar surface area (TPSA) is 95.2 Å². The Morgan fingerprint density at radius 1 is 0.939 bits per heavy atom. The number of hydrogen-bond donors (Lipinski definition) is 3. The van der Waals surface area contributed by atoms with Gasteiger partial charge in [0.25, 0.3) is 0 Å². The number of benzene rings is 2. The predicted molar refractivity (Wildman–Crippen MR) is 128 cm³/mol. The van der Waals surface area contributed by atoms with Crippen molar-refractivity contribution in [3.8, 4) is 28.6 Å². The molecule has 3 N–H and O–H groups in total. The molecule has 0 spiro atoms. The molecule has 2 aromatic carbocycles. The third-order valence-corrected chi connectivity index (χ3v) is 6.61. The number of phenols is 2. The Labute approximate surface area is 192 Å². The summed E-state index contributed by atoms with van der Waals surface area (Å²) in [5.41, 5.74) is 1.59. The second-order valence-electron chi connectivity index (χ2n) is 8.94. The highest BCUT2D eigenvalue weighted by Gasteiger charge is 2.23. The van der Waals surface area contributed by atoms with E-state index in [0.717, 1.165) is 75.6 Å². The lowest BCUT2D eigenvalue weighted by Gasteiger charge is -2.24. The van der Waals surface area contributed by atoms with Crippen LogP contribution in [0.2, 0.25) is 0 Å². The number of nitrogens with one attached hydrogen (secondary N) is 1. The molecular formula is C26H30N2O5. The molecular weight excluding hydrogens is 420 g/mol. The van der Waals surface area contributed by atoms with Crippen molar-refractivity contribution in [2.45, 2.75) is 44.6 Å². The van der Waals surface area contributed by atoms with Crippen molar-refractivity contribution in [3.05, 3.63) is 46.6 Å². The van der Waals surface area contributed by atoms with Crippen LogP contribution in [0.5, 0.6) is 17.2 Å². The highest BCUT2D eigenvalue weighted by atomic mass is 16.5. The number of anilines is 1. The van der Waals surface area contributed by atoms with Gasteiger partial charge in [-0.1, -0.05) is 6.42 Å². The third-order valence-electron chi connectivity index (χ3n) is 6.61. The summed E-state index contributed by atoms with van der Waals surface area (Å²) in [7, 11) is 0. The highest BCUT2D eigenvalue weighted by Crippen LogP contribution is 2.42. The number of nitrogens with zero attached hydrogens (tertiary/aromatic N) is 1. The Balaban J connectivity index is 1.52. The van der Waals surface area contributed by atoms with Gasteiger partial charge in [-0.05, 0) is 62.9 Å². The third kappa shape index (κ3) is 4.50. The molecule has 2 fully saturated rings.